The Morgan fingerprint density at radius 3 is 3.07 bits per heavy atom. The molecular formula is C10H11NO3. The second-order valence-electron chi connectivity index (χ2n) is 3.25. The number of nitrogens with one attached hydrogen (secondary N) is 1. The van der Waals surface area contributed by atoms with E-state index in [2.05, 4.69) is 5.32 Å². The van der Waals surface area contributed by atoms with E-state index >= 15 is 0 Å². The number of anilines is 1. The maximum absolute atomic E-state index is 11.1. The molecule has 14 heavy (non-hydrogen) atoms. The van der Waals surface area contributed by atoms with Crippen LogP contribution in [0.3, 0.4) is 0 Å². The maximum Gasteiger partial charge on any atom is 0.257 e. The predicted molar refractivity (Wildman–Crippen MR) is 50.7 cm³/mol. The number of hydrogen-bond acceptors (Lipinski definition) is 3. The molecule has 1 atom stereocenters. The lowest BCUT2D eigenvalue weighted by molar-refractivity contribution is -0.123. The Morgan fingerprint density at radius 1 is 1.57 bits per heavy atom. The minimum atomic E-state index is -1.04. The maximum atomic E-state index is 11.1. The van der Waals surface area contributed by atoms with Crippen LogP contribution in [0.5, 0.6) is 0 Å². The topological polar surface area (TPSA) is 58.6 Å². The molecule has 1 aliphatic rings. The van der Waals surface area contributed by atoms with Crippen molar-refractivity contribution in [3.05, 3.63) is 29.3 Å². The Kier molecular flexibility index (Phi) is 2.23. The van der Waals surface area contributed by atoms with Crippen LogP contribution < -0.4 is 5.32 Å². The number of hydrogen-bond donors (Lipinski definition) is 2. The van der Waals surface area contributed by atoms with Crippen LogP contribution in [0, 0.1) is 0 Å². The summed E-state index contributed by atoms with van der Waals surface area (Å²) in [6.07, 6.45) is -1.04. The van der Waals surface area contributed by atoms with Crippen LogP contribution in [0.25, 0.3) is 0 Å². The standard InChI is InChI=1S/C10H11NO3/c1-14-5-6-2-3-8-7(4-6)9(12)10(13)11-8/h2-4,9,12H,5H2,1H3,(H,11,13). The lowest BCUT2D eigenvalue weighted by Gasteiger charge is -2.04. The summed E-state index contributed by atoms with van der Waals surface area (Å²) in [5.41, 5.74) is 2.26. The Bertz CT molecular complexity index is 376. The first-order chi connectivity index (χ1) is 6.72. The number of fused-ring (bicyclic) bond motifs is 1. The van der Waals surface area contributed by atoms with Crippen molar-refractivity contribution < 1.29 is 14.6 Å². The van der Waals surface area contributed by atoms with Gasteiger partial charge in [-0.3, -0.25) is 4.79 Å². The molecule has 1 aliphatic heterocycles. The molecule has 4 heteroatoms. The summed E-state index contributed by atoms with van der Waals surface area (Å²) in [6.45, 7) is 0.480. The Morgan fingerprint density at radius 2 is 2.36 bits per heavy atom. The second kappa shape index (κ2) is 3.40. The smallest absolute Gasteiger partial charge is 0.257 e. The molecule has 0 saturated heterocycles. The van der Waals surface area contributed by atoms with Gasteiger partial charge in [0.1, 0.15) is 0 Å². The molecule has 0 aliphatic carbocycles. The van der Waals surface area contributed by atoms with Gasteiger partial charge in [0, 0.05) is 18.4 Å². The van der Waals surface area contributed by atoms with Crippen LogP contribution in [0.15, 0.2) is 18.2 Å². The minimum Gasteiger partial charge on any atom is -0.380 e. The zero-order valence-electron chi connectivity index (χ0n) is 7.78. The molecule has 74 valence electrons. The molecule has 1 unspecified atom stereocenters. The van der Waals surface area contributed by atoms with Crippen LogP contribution in [-0.2, 0) is 16.1 Å². The fourth-order valence-corrected chi connectivity index (χ4v) is 1.55. The van der Waals surface area contributed by atoms with E-state index in [1.807, 2.05) is 6.07 Å². The lowest BCUT2D eigenvalue weighted by atomic mass is 10.1. The van der Waals surface area contributed by atoms with Gasteiger partial charge in [-0.2, -0.15) is 0 Å². The van der Waals surface area contributed by atoms with Gasteiger partial charge in [-0.15, -0.1) is 0 Å². The number of methoxy groups -OCH3 is 1. The predicted octanol–water partition coefficient (Wildman–Crippen LogP) is 0.818. The van der Waals surface area contributed by atoms with Crippen molar-refractivity contribution in [3.63, 3.8) is 0 Å². The first kappa shape index (κ1) is 9.18. The Balaban J connectivity index is 2.36. The normalized spacial score (nSPS) is 19.3. The molecule has 0 bridgehead atoms. The van der Waals surface area contributed by atoms with Gasteiger partial charge in [-0.1, -0.05) is 6.07 Å². The summed E-state index contributed by atoms with van der Waals surface area (Å²) in [6, 6.07) is 5.42. The summed E-state index contributed by atoms with van der Waals surface area (Å²) in [4.78, 5) is 11.1. The molecule has 2 rings (SSSR count). The van der Waals surface area contributed by atoms with E-state index in [-0.39, 0.29) is 5.91 Å². The average molecular weight is 193 g/mol. The Labute approximate surface area is 81.5 Å². The van der Waals surface area contributed by atoms with E-state index in [9.17, 15) is 9.90 Å². The molecule has 0 aromatic heterocycles. The van der Waals surface area contributed by atoms with Gasteiger partial charge in [0.2, 0.25) is 0 Å². The van der Waals surface area contributed by atoms with E-state index < -0.39 is 6.10 Å². The molecule has 4 nitrogen and oxygen atoms in total. The number of aliphatic hydroxyl groups excluding tert-OH is 1. The van der Waals surface area contributed by atoms with Gasteiger partial charge in [0.25, 0.3) is 5.91 Å². The van der Waals surface area contributed by atoms with Crippen molar-refractivity contribution in [1.29, 1.82) is 0 Å². The fourth-order valence-electron chi connectivity index (χ4n) is 1.55. The number of carbonyl (C=O) groups is 1. The van der Waals surface area contributed by atoms with Crippen LogP contribution >= 0.6 is 0 Å². The third-order valence-corrected chi connectivity index (χ3v) is 2.23. The van der Waals surface area contributed by atoms with Gasteiger partial charge in [0.15, 0.2) is 6.10 Å². The average Bonchev–Trinajstić information content (AvgIpc) is 2.45. The highest BCUT2D eigenvalue weighted by molar-refractivity contribution is 6.01. The lowest BCUT2D eigenvalue weighted by Crippen LogP contribution is -2.10. The van der Waals surface area contributed by atoms with Crippen molar-refractivity contribution in [2.24, 2.45) is 0 Å². The first-order valence-corrected chi connectivity index (χ1v) is 4.33. The highest BCUT2D eigenvalue weighted by Gasteiger charge is 2.28. The van der Waals surface area contributed by atoms with Crippen LogP contribution in [0.1, 0.15) is 17.2 Å². The van der Waals surface area contributed by atoms with Gasteiger partial charge in [0.05, 0.1) is 6.61 Å². The molecular weight excluding hydrogens is 182 g/mol. The molecule has 0 saturated carbocycles. The van der Waals surface area contributed by atoms with Crippen molar-refractivity contribution >= 4 is 11.6 Å². The van der Waals surface area contributed by atoms with E-state index in [0.29, 0.717) is 17.9 Å². The third-order valence-electron chi connectivity index (χ3n) is 2.23. The summed E-state index contributed by atoms with van der Waals surface area (Å²) in [5.74, 6) is -0.366. The highest BCUT2D eigenvalue weighted by atomic mass is 16.5. The molecule has 1 heterocycles. The molecule has 1 aromatic rings. The SMILES string of the molecule is COCc1ccc2c(c1)C(O)C(=O)N2. The van der Waals surface area contributed by atoms with Crippen LogP contribution in [-0.4, -0.2) is 18.1 Å². The number of carbonyl (C=O) groups excluding carboxylic acids is 1. The van der Waals surface area contributed by atoms with E-state index in [1.165, 1.54) is 0 Å². The quantitative estimate of drug-likeness (QED) is 0.731. The van der Waals surface area contributed by atoms with Crippen molar-refractivity contribution in [1.82, 2.24) is 0 Å². The summed E-state index contributed by atoms with van der Waals surface area (Å²) in [7, 11) is 1.60. The minimum absolute atomic E-state index is 0.366. The van der Waals surface area contributed by atoms with Crippen molar-refractivity contribution in [2.45, 2.75) is 12.7 Å². The highest BCUT2D eigenvalue weighted by Crippen LogP contribution is 2.31. The second-order valence-corrected chi connectivity index (χ2v) is 3.25. The zero-order valence-corrected chi connectivity index (χ0v) is 7.78. The van der Waals surface area contributed by atoms with Crippen molar-refractivity contribution in [3.8, 4) is 0 Å². The zero-order chi connectivity index (χ0) is 10.1. The fraction of sp³-hybridized carbons (Fsp3) is 0.300. The molecule has 0 spiro atoms. The molecule has 1 aromatic carbocycles. The van der Waals surface area contributed by atoms with Gasteiger partial charge < -0.3 is 15.2 Å². The van der Waals surface area contributed by atoms with Gasteiger partial charge in [-0.05, 0) is 17.7 Å². The van der Waals surface area contributed by atoms with E-state index in [0.717, 1.165) is 5.56 Å². The summed E-state index contributed by atoms with van der Waals surface area (Å²) in [5, 5.41) is 12.1. The molecule has 0 radical (unpaired) electrons. The summed E-state index contributed by atoms with van der Waals surface area (Å²) >= 11 is 0. The van der Waals surface area contributed by atoms with E-state index in [4.69, 9.17) is 4.74 Å². The van der Waals surface area contributed by atoms with Gasteiger partial charge in [-0.25, -0.2) is 0 Å². The van der Waals surface area contributed by atoms with Crippen LogP contribution in [0.2, 0.25) is 0 Å². The molecule has 0 fully saturated rings. The first-order valence-electron chi connectivity index (χ1n) is 4.33. The van der Waals surface area contributed by atoms with E-state index in [1.54, 1.807) is 19.2 Å². The number of rotatable bonds is 2. The number of aliphatic hydroxyl groups is 1. The number of benzene rings is 1. The number of ether oxygens (including phenoxy) is 1. The van der Waals surface area contributed by atoms with Crippen LogP contribution in [0.4, 0.5) is 5.69 Å². The Hall–Kier alpha value is -1.39. The summed E-state index contributed by atoms with van der Waals surface area (Å²) < 4.78 is 4.96. The molecule has 2 N–H and O–H groups in total. The van der Waals surface area contributed by atoms with Crippen molar-refractivity contribution in [2.75, 3.05) is 12.4 Å². The monoisotopic (exact) mass is 193 g/mol. The number of amides is 1. The van der Waals surface area contributed by atoms with Gasteiger partial charge >= 0.3 is 0 Å². The molecule has 1 amide bonds. The third kappa shape index (κ3) is 1.38. The largest absolute Gasteiger partial charge is 0.380 e.